The van der Waals surface area contributed by atoms with Crippen LogP contribution in [0.1, 0.15) is 20.3 Å². The van der Waals surface area contributed by atoms with Crippen molar-refractivity contribution in [3.05, 3.63) is 52.5 Å². The third-order valence-corrected chi connectivity index (χ3v) is 4.18. The summed E-state index contributed by atoms with van der Waals surface area (Å²) < 4.78 is 0. The van der Waals surface area contributed by atoms with E-state index in [1.807, 2.05) is 24.3 Å². The van der Waals surface area contributed by atoms with E-state index in [9.17, 15) is 9.59 Å². The van der Waals surface area contributed by atoms with Gasteiger partial charge in [-0.15, -0.1) is 0 Å². The molecule has 0 fully saturated rings. The Hall–Kier alpha value is -2.24. The van der Waals surface area contributed by atoms with Gasteiger partial charge in [0.15, 0.2) is 0 Å². The van der Waals surface area contributed by atoms with E-state index in [0.29, 0.717) is 21.4 Å². The number of nitrogens with zero attached hydrogens (tertiary/aromatic N) is 1. The van der Waals surface area contributed by atoms with Gasteiger partial charge in [0, 0.05) is 40.2 Å². The van der Waals surface area contributed by atoms with Crippen LogP contribution in [0, 0.1) is 0 Å². The molecule has 0 atom stereocenters. The quantitative estimate of drug-likeness (QED) is 0.663. The second kappa shape index (κ2) is 9.46. The second-order valence-electron chi connectivity index (χ2n) is 5.65. The molecule has 0 radical (unpaired) electrons. The molecule has 0 spiro atoms. The van der Waals surface area contributed by atoms with Crippen molar-refractivity contribution < 1.29 is 9.59 Å². The summed E-state index contributed by atoms with van der Waals surface area (Å²) in [5.41, 5.74) is 2.18. The molecule has 7 heteroatoms. The molecule has 5 nitrogen and oxygen atoms in total. The number of carbonyl (C=O) groups is 2. The number of halogens is 2. The zero-order chi connectivity index (χ0) is 19.1. The van der Waals surface area contributed by atoms with Crippen molar-refractivity contribution in [3.63, 3.8) is 0 Å². The van der Waals surface area contributed by atoms with E-state index in [1.54, 1.807) is 18.2 Å². The maximum atomic E-state index is 12.0. The molecule has 0 saturated carbocycles. The van der Waals surface area contributed by atoms with Gasteiger partial charge in [0.1, 0.15) is 6.42 Å². The minimum absolute atomic E-state index is 0.304. The lowest BCUT2D eigenvalue weighted by molar-refractivity contribution is -0.123. The van der Waals surface area contributed by atoms with Gasteiger partial charge in [-0.05, 0) is 56.3 Å². The van der Waals surface area contributed by atoms with Crippen LogP contribution in [0.2, 0.25) is 10.0 Å². The van der Waals surface area contributed by atoms with Crippen LogP contribution >= 0.6 is 23.2 Å². The van der Waals surface area contributed by atoms with Crippen LogP contribution in [0.4, 0.5) is 17.1 Å². The zero-order valence-corrected chi connectivity index (χ0v) is 16.2. The Morgan fingerprint density at radius 2 is 1.35 bits per heavy atom. The molecule has 0 unspecified atom stereocenters. The van der Waals surface area contributed by atoms with Crippen molar-refractivity contribution in [1.29, 1.82) is 0 Å². The molecule has 0 aromatic heterocycles. The molecule has 0 aliphatic rings. The van der Waals surface area contributed by atoms with E-state index in [2.05, 4.69) is 29.4 Å². The molecular weight excluding hydrogens is 373 g/mol. The first-order chi connectivity index (χ1) is 12.4. The third kappa shape index (κ3) is 5.93. The van der Waals surface area contributed by atoms with E-state index in [1.165, 1.54) is 0 Å². The van der Waals surface area contributed by atoms with Gasteiger partial charge in [-0.1, -0.05) is 23.2 Å². The molecule has 0 aliphatic carbocycles. The van der Waals surface area contributed by atoms with Crippen LogP contribution < -0.4 is 15.5 Å². The van der Waals surface area contributed by atoms with Gasteiger partial charge in [-0.2, -0.15) is 0 Å². The topological polar surface area (TPSA) is 61.4 Å². The lowest BCUT2D eigenvalue weighted by atomic mass is 10.2. The minimum atomic E-state index is -0.444. The monoisotopic (exact) mass is 393 g/mol. The molecule has 2 aromatic rings. The molecule has 138 valence electrons. The Morgan fingerprint density at radius 3 is 1.85 bits per heavy atom. The van der Waals surface area contributed by atoms with Gasteiger partial charge >= 0.3 is 0 Å². The SMILES string of the molecule is CCN(CC)c1ccc(NC(=O)CC(=O)Nc2cc(Cl)cc(Cl)c2)cc1. The average molecular weight is 394 g/mol. The first kappa shape index (κ1) is 20.1. The Bertz CT molecular complexity index is 755. The van der Waals surface area contributed by atoms with Crippen LogP contribution in [0.3, 0.4) is 0 Å². The summed E-state index contributed by atoms with van der Waals surface area (Å²) in [6.45, 7) is 6.00. The molecule has 0 aliphatic heterocycles. The van der Waals surface area contributed by atoms with Crippen LogP contribution in [0.25, 0.3) is 0 Å². The Labute approximate surface area is 163 Å². The van der Waals surface area contributed by atoms with E-state index in [0.717, 1.165) is 18.8 Å². The Balaban J connectivity index is 1.90. The molecule has 0 saturated heterocycles. The summed E-state index contributed by atoms with van der Waals surface area (Å²) in [5, 5.41) is 6.13. The molecule has 26 heavy (non-hydrogen) atoms. The number of hydrogen-bond donors (Lipinski definition) is 2. The largest absolute Gasteiger partial charge is 0.372 e. The number of benzene rings is 2. The van der Waals surface area contributed by atoms with Crippen LogP contribution in [-0.2, 0) is 9.59 Å². The summed E-state index contributed by atoms with van der Waals surface area (Å²) in [7, 11) is 0. The lowest BCUT2D eigenvalue weighted by Crippen LogP contribution is -2.22. The van der Waals surface area contributed by atoms with Crippen LogP contribution in [-0.4, -0.2) is 24.9 Å². The highest BCUT2D eigenvalue weighted by Crippen LogP contribution is 2.22. The van der Waals surface area contributed by atoms with Crippen LogP contribution in [0.15, 0.2) is 42.5 Å². The summed E-state index contributed by atoms with van der Waals surface area (Å²) in [6, 6.07) is 12.2. The fraction of sp³-hybridized carbons (Fsp3) is 0.263. The van der Waals surface area contributed by atoms with Crippen molar-refractivity contribution in [2.45, 2.75) is 20.3 Å². The number of amides is 2. The zero-order valence-electron chi connectivity index (χ0n) is 14.7. The number of rotatable bonds is 7. The highest BCUT2D eigenvalue weighted by molar-refractivity contribution is 6.35. The van der Waals surface area contributed by atoms with Crippen LogP contribution in [0.5, 0.6) is 0 Å². The number of anilines is 3. The maximum absolute atomic E-state index is 12.0. The summed E-state index contributed by atoms with van der Waals surface area (Å²) in [6.07, 6.45) is -0.304. The normalized spacial score (nSPS) is 10.3. The molecule has 2 rings (SSSR count). The van der Waals surface area contributed by atoms with Crippen molar-refractivity contribution in [1.82, 2.24) is 0 Å². The summed E-state index contributed by atoms with van der Waals surface area (Å²) >= 11 is 11.8. The molecule has 2 N–H and O–H groups in total. The second-order valence-corrected chi connectivity index (χ2v) is 6.52. The summed E-state index contributed by atoms with van der Waals surface area (Å²) in [4.78, 5) is 26.2. The number of nitrogens with one attached hydrogen (secondary N) is 2. The third-order valence-electron chi connectivity index (χ3n) is 3.75. The fourth-order valence-electron chi connectivity index (χ4n) is 2.53. The van der Waals surface area contributed by atoms with Gasteiger partial charge in [0.2, 0.25) is 11.8 Å². The highest BCUT2D eigenvalue weighted by Gasteiger charge is 2.11. The van der Waals surface area contributed by atoms with Gasteiger partial charge in [0.25, 0.3) is 0 Å². The Kier molecular flexibility index (Phi) is 7.30. The van der Waals surface area contributed by atoms with E-state index < -0.39 is 11.8 Å². The highest BCUT2D eigenvalue weighted by atomic mass is 35.5. The van der Waals surface area contributed by atoms with Crippen molar-refractivity contribution in [2.75, 3.05) is 28.6 Å². The summed E-state index contributed by atoms with van der Waals surface area (Å²) in [5.74, 6) is -0.841. The maximum Gasteiger partial charge on any atom is 0.233 e. The van der Waals surface area contributed by atoms with E-state index in [-0.39, 0.29) is 6.42 Å². The van der Waals surface area contributed by atoms with E-state index in [4.69, 9.17) is 23.2 Å². The Morgan fingerprint density at radius 1 is 0.846 bits per heavy atom. The standard InChI is InChI=1S/C19H21Cl2N3O2/c1-3-24(4-2)17-7-5-15(6-8-17)22-18(25)12-19(26)23-16-10-13(20)9-14(21)11-16/h5-11H,3-4,12H2,1-2H3,(H,22,25)(H,23,26). The number of hydrogen-bond acceptors (Lipinski definition) is 3. The fourth-order valence-corrected chi connectivity index (χ4v) is 3.05. The number of carbonyl (C=O) groups excluding carboxylic acids is 2. The lowest BCUT2D eigenvalue weighted by Gasteiger charge is -2.21. The average Bonchev–Trinajstić information content (AvgIpc) is 2.56. The molecule has 2 aromatic carbocycles. The predicted molar refractivity (Wildman–Crippen MR) is 108 cm³/mol. The molecule has 2 amide bonds. The van der Waals surface area contributed by atoms with Gasteiger partial charge in [-0.3, -0.25) is 9.59 Å². The minimum Gasteiger partial charge on any atom is -0.372 e. The van der Waals surface area contributed by atoms with E-state index >= 15 is 0 Å². The van der Waals surface area contributed by atoms with Gasteiger partial charge < -0.3 is 15.5 Å². The first-order valence-corrected chi connectivity index (χ1v) is 9.07. The molecular formula is C19H21Cl2N3O2. The predicted octanol–water partition coefficient (Wildman–Crippen LogP) is 4.81. The molecule has 0 heterocycles. The smallest absolute Gasteiger partial charge is 0.233 e. The van der Waals surface area contributed by atoms with Gasteiger partial charge in [-0.25, -0.2) is 0 Å². The van der Waals surface area contributed by atoms with Gasteiger partial charge in [0.05, 0.1) is 0 Å². The van der Waals surface area contributed by atoms with Crippen molar-refractivity contribution >= 4 is 52.1 Å². The van der Waals surface area contributed by atoms with Crippen molar-refractivity contribution in [3.8, 4) is 0 Å². The van der Waals surface area contributed by atoms with Crippen molar-refractivity contribution in [2.24, 2.45) is 0 Å². The molecule has 0 bridgehead atoms. The first-order valence-electron chi connectivity index (χ1n) is 8.32.